The number of hydrogen-bond acceptors (Lipinski definition) is 4. The highest BCUT2D eigenvalue weighted by atomic mass is 32.2. The number of sulfonamides is 1. The molecule has 1 aliphatic heterocycles. The maximum atomic E-state index is 13.8. The number of halogens is 1. The fourth-order valence-electron chi connectivity index (χ4n) is 3.33. The molecule has 0 radical (unpaired) electrons. The van der Waals surface area contributed by atoms with E-state index in [0.29, 0.717) is 6.54 Å². The molecule has 0 unspecified atom stereocenters. The van der Waals surface area contributed by atoms with Gasteiger partial charge in [-0.2, -0.15) is 4.31 Å². The number of ether oxygens (including phenoxy) is 1. The van der Waals surface area contributed by atoms with E-state index in [1.54, 1.807) is 6.07 Å². The van der Waals surface area contributed by atoms with Crippen LogP contribution in [0.25, 0.3) is 0 Å². The van der Waals surface area contributed by atoms with Gasteiger partial charge in [-0.1, -0.05) is 18.6 Å². The molecule has 0 saturated carbocycles. The molecule has 8 heteroatoms. The first-order valence-corrected chi connectivity index (χ1v) is 10.5. The maximum absolute atomic E-state index is 13.8. The van der Waals surface area contributed by atoms with E-state index < -0.39 is 21.7 Å². The molecule has 1 fully saturated rings. The highest BCUT2D eigenvalue weighted by molar-refractivity contribution is 7.89. The maximum Gasteiger partial charge on any atom is 0.255 e. The van der Waals surface area contributed by atoms with E-state index in [2.05, 4.69) is 5.32 Å². The summed E-state index contributed by atoms with van der Waals surface area (Å²) in [5, 5.41) is 2.47. The Kier molecular flexibility index (Phi) is 6.00. The molecule has 0 bridgehead atoms. The lowest BCUT2D eigenvalue weighted by atomic mass is 10.1. The molecule has 1 amide bonds. The number of hydrogen-bond donors (Lipinski definition) is 1. The van der Waals surface area contributed by atoms with Gasteiger partial charge in [0.25, 0.3) is 5.91 Å². The van der Waals surface area contributed by atoms with Gasteiger partial charge in [-0.05, 0) is 50.1 Å². The standard InChI is InChI=1S/C20H23FN2O4S/c1-14-7-5-6-12-23(14)28(25,26)19-13-15(10-11-18(19)27-2)20(24)22-17-9-4-3-8-16(17)21/h3-4,8-11,13-14H,5-7,12H2,1-2H3,(H,22,24)/t14-/m1/s1. The number of nitrogens with zero attached hydrogens (tertiary/aromatic N) is 1. The average molecular weight is 406 g/mol. The number of para-hydroxylation sites is 1. The topological polar surface area (TPSA) is 75.7 Å². The molecule has 1 aliphatic rings. The molecule has 150 valence electrons. The number of rotatable bonds is 5. The van der Waals surface area contributed by atoms with Crippen molar-refractivity contribution in [3.63, 3.8) is 0 Å². The molecular formula is C20H23FN2O4S. The minimum Gasteiger partial charge on any atom is -0.495 e. The monoisotopic (exact) mass is 406 g/mol. The Morgan fingerprint density at radius 2 is 1.96 bits per heavy atom. The van der Waals surface area contributed by atoms with Crippen LogP contribution in [0.3, 0.4) is 0 Å². The molecule has 1 N–H and O–H groups in total. The van der Waals surface area contributed by atoms with Crippen LogP contribution in [0.2, 0.25) is 0 Å². The van der Waals surface area contributed by atoms with Crippen LogP contribution < -0.4 is 10.1 Å². The smallest absolute Gasteiger partial charge is 0.255 e. The van der Waals surface area contributed by atoms with Crippen molar-refractivity contribution in [1.82, 2.24) is 4.31 Å². The van der Waals surface area contributed by atoms with Crippen molar-refractivity contribution in [2.75, 3.05) is 19.0 Å². The molecule has 1 saturated heterocycles. The number of piperidine rings is 1. The molecule has 2 aromatic rings. The quantitative estimate of drug-likeness (QED) is 0.822. The first-order valence-electron chi connectivity index (χ1n) is 9.10. The number of carbonyl (C=O) groups is 1. The largest absolute Gasteiger partial charge is 0.495 e. The number of anilines is 1. The summed E-state index contributed by atoms with van der Waals surface area (Å²) in [5.41, 5.74) is 0.129. The number of benzene rings is 2. The van der Waals surface area contributed by atoms with Crippen molar-refractivity contribution in [2.24, 2.45) is 0 Å². The third-order valence-corrected chi connectivity index (χ3v) is 6.91. The SMILES string of the molecule is COc1ccc(C(=O)Nc2ccccc2F)cc1S(=O)(=O)N1CCCC[C@H]1C. The lowest BCUT2D eigenvalue weighted by Gasteiger charge is -2.32. The number of nitrogens with one attached hydrogen (secondary N) is 1. The Morgan fingerprint density at radius 1 is 1.21 bits per heavy atom. The second-order valence-corrected chi connectivity index (χ2v) is 8.62. The van der Waals surface area contributed by atoms with Gasteiger partial charge in [-0.3, -0.25) is 4.79 Å². The Hall–Kier alpha value is -2.45. The zero-order valence-corrected chi connectivity index (χ0v) is 16.6. The first-order chi connectivity index (χ1) is 13.3. The second kappa shape index (κ2) is 8.28. The summed E-state index contributed by atoms with van der Waals surface area (Å²) >= 11 is 0. The minimum absolute atomic E-state index is 0.0253. The molecule has 28 heavy (non-hydrogen) atoms. The van der Waals surface area contributed by atoms with Gasteiger partial charge in [0.1, 0.15) is 16.5 Å². The van der Waals surface area contributed by atoms with Crippen molar-refractivity contribution in [1.29, 1.82) is 0 Å². The van der Waals surface area contributed by atoms with Gasteiger partial charge in [0.15, 0.2) is 0 Å². The fraction of sp³-hybridized carbons (Fsp3) is 0.350. The molecule has 1 atom stereocenters. The molecular weight excluding hydrogens is 383 g/mol. The Balaban J connectivity index is 1.96. The summed E-state index contributed by atoms with van der Waals surface area (Å²) in [6.07, 6.45) is 2.56. The van der Waals surface area contributed by atoms with Crippen molar-refractivity contribution in [3.05, 3.63) is 53.8 Å². The Morgan fingerprint density at radius 3 is 2.64 bits per heavy atom. The fourth-order valence-corrected chi connectivity index (χ4v) is 5.21. The summed E-state index contributed by atoms with van der Waals surface area (Å²) < 4.78 is 46.9. The van der Waals surface area contributed by atoms with Crippen molar-refractivity contribution in [2.45, 2.75) is 37.1 Å². The zero-order valence-electron chi connectivity index (χ0n) is 15.8. The number of methoxy groups -OCH3 is 1. The summed E-state index contributed by atoms with van der Waals surface area (Å²) in [5.74, 6) is -1.00. The second-order valence-electron chi connectivity index (χ2n) is 6.76. The Bertz CT molecular complexity index is 978. The Labute approximate surface area is 164 Å². The van der Waals surface area contributed by atoms with Crippen molar-refractivity contribution < 1.29 is 22.3 Å². The van der Waals surface area contributed by atoms with Crippen LogP contribution in [0.4, 0.5) is 10.1 Å². The van der Waals surface area contributed by atoms with E-state index in [1.807, 2.05) is 6.92 Å². The van der Waals surface area contributed by atoms with Gasteiger partial charge in [-0.15, -0.1) is 0 Å². The third kappa shape index (κ3) is 4.02. The minimum atomic E-state index is -3.84. The van der Waals surface area contributed by atoms with Crippen LogP contribution in [0, 0.1) is 5.82 Å². The van der Waals surface area contributed by atoms with Gasteiger partial charge < -0.3 is 10.1 Å². The lowest BCUT2D eigenvalue weighted by Crippen LogP contribution is -2.42. The predicted molar refractivity (Wildman–Crippen MR) is 105 cm³/mol. The van der Waals surface area contributed by atoms with Crippen LogP contribution in [-0.2, 0) is 10.0 Å². The van der Waals surface area contributed by atoms with Crippen LogP contribution in [0.5, 0.6) is 5.75 Å². The summed E-state index contributed by atoms with van der Waals surface area (Å²) in [4.78, 5) is 12.5. The van der Waals surface area contributed by atoms with E-state index in [4.69, 9.17) is 4.74 Å². The molecule has 2 aromatic carbocycles. The van der Waals surface area contributed by atoms with Gasteiger partial charge in [-0.25, -0.2) is 12.8 Å². The van der Waals surface area contributed by atoms with Crippen LogP contribution >= 0.6 is 0 Å². The van der Waals surface area contributed by atoms with E-state index >= 15 is 0 Å². The highest BCUT2D eigenvalue weighted by Crippen LogP contribution is 2.32. The zero-order chi connectivity index (χ0) is 20.3. The molecule has 3 rings (SSSR count). The molecule has 0 aromatic heterocycles. The summed E-state index contributed by atoms with van der Waals surface area (Å²) in [6, 6.07) is 9.83. The number of carbonyl (C=O) groups excluding carboxylic acids is 1. The first kappa shape index (κ1) is 20.3. The van der Waals surface area contributed by atoms with E-state index in [1.165, 1.54) is 47.8 Å². The van der Waals surface area contributed by atoms with E-state index in [9.17, 15) is 17.6 Å². The van der Waals surface area contributed by atoms with E-state index in [0.717, 1.165) is 19.3 Å². The average Bonchev–Trinajstić information content (AvgIpc) is 2.69. The molecule has 0 spiro atoms. The third-order valence-electron chi connectivity index (χ3n) is 4.88. The van der Waals surface area contributed by atoms with Crippen molar-refractivity contribution in [3.8, 4) is 5.75 Å². The van der Waals surface area contributed by atoms with Crippen molar-refractivity contribution >= 4 is 21.6 Å². The predicted octanol–water partition coefficient (Wildman–Crippen LogP) is 3.65. The summed E-state index contributed by atoms with van der Waals surface area (Å²) in [7, 11) is -2.45. The van der Waals surface area contributed by atoms with Gasteiger partial charge in [0, 0.05) is 18.2 Å². The highest BCUT2D eigenvalue weighted by Gasteiger charge is 2.33. The number of amides is 1. The van der Waals surface area contributed by atoms with Crippen LogP contribution in [0.15, 0.2) is 47.4 Å². The van der Waals surface area contributed by atoms with Gasteiger partial charge in [0.2, 0.25) is 10.0 Å². The van der Waals surface area contributed by atoms with Gasteiger partial charge >= 0.3 is 0 Å². The lowest BCUT2D eigenvalue weighted by molar-refractivity contribution is 0.102. The molecule has 0 aliphatic carbocycles. The normalized spacial score (nSPS) is 17.9. The summed E-state index contributed by atoms with van der Waals surface area (Å²) in [6.45, 7) is 2.30. The van der Waals surface area contributed by atoms with Gasteiger partial charge in [0.05, 0.1) is 12.8 Å². The molecule has 6 nitrogen and oxygen atoms in total. The van der Waals surface area contributed by atoms with Crippen LogP contribution in [0.1, 0.15) is 36.5 Å². The van der Waals surface area contributed by atoms with Crippen LogP contribution in [-0.4, -0.2) is 38.3 Å². The molecule has 1 heterocycles. The van der Waals surface area contributed by atoms with E-state index in [-0.39, 0.29) is 27.9 Å².